The predicted molar refractivity (Wildman–Crippen MR) is 199 cm³/mol. The van der Waals surface area contributed by atoms with Crippen LogP contribution >= 0.6 is 0 Å². The van der Waals surface area contributed by atoms with E-state index in [9.17, 15) is 32.3 Å². The van der Waals surface area contributed by atoms with Crippen molar-refractivity contribution < 1.29 is 73.5 Å². The molecule has 2 aromatic rings. The maximum Gasteiger partial charge on any atom is 0.485 e. The number of methoxy groups -OCH3 is 1. The topological polar surface area (TPSA) is 175 Å². The van der Waals surface area contributed by atoms with Crippen LogP contribution in [0.5, 0.6) is 0 Å². The van der Waals surface area contributed by atoms with Crippen LogP contribution in [-0.4, -0.2) is 112 Å². The first-order chi connectivity index (χ1) is 26.4. The third-order valence-corrected chi connectivity index (χ3v) is 10.0. The van der Waals surface area contributed by atoms with Crippen molar-refractivity contribution in [3.63, 3.8) is 0 Å². The van der Waals surface area contributed by atoms with Gasteiger partial charge in [0.2, 0.25) is 18.4 Å². The minimum atomic E-state index is -6.09. The molecule has 318 valence electrons. The number of benzene rings is 2. The lowest BCUT2D eigenvalue weighted by atomic mass is 9.95. The van der Waals surface area contributed by atoms with E-state index in [0.717, 1.165) is 24.2 Å². The summed E-state index contributed by atoms with van der Waals surface area (Å²) in [5.41, 5.74) is -0.760. The molecule has 2 heterocycles. The Morgan fingerprint density at radius 3 is 1.60 bits per heavy atom. The summed E-state index contributed by atoms with van der Waals surface area (Å²) in [6, 6.07) is 16.9. The van der Waals surface area contributed by atoms with E-state index in [1.165, 1.54) is 18.2 Å². The molecule has 0 amide bonds. The van der Waals surface area contributed by atoms with E-state index in [2.05, 4.69) is 53.4 Å². The summed E-state index contributed by atoms with van der Waals surface area (Å²) < 4.78 is 88.5. The second kappa shape index (κ2) is 19.5. The van der Waals surface area contributed by atoms with E-state index >= 15 is 0 Å². The smallest absolute Gasteiger partial charge is 0.485 e. The lowest BCUT2D eigenvalue weighted by Crippen LogP contribution is -2.70. The first-order valence-corrected chi connectivity index (χ1v) is 19.9. The van der Waals surface area contributed by atoms with Crippen LogP contribution in [-0.2, 0) is 65.8 Å². The number of likely N-dealkylation sites (N-methyl/N-ethyl adjacent to an activating group) is 1. The number of para-hydroxylation sites is 2. The largest absolute Gasteiger partial charge is 0.741 e. The zero-order chi connectivity index (χ0) is 43.0. The van der Waals surface area contributed by atoms with Crippen molar-refractivity contribution in [3.8, 4) is 0 Å². The molecule has 57 heavy (non-hydrogen) atoms. The molecule has 2 aromatic carbocycles. The fourth-order valence-electron chi connectivity index (χ4n) is 6.27. The Morgan fingerprint density at radius 2 is 1.19 bits per heavy atom. The van der Waals surface area contributed by atoms with Crippen LogP contribution in [0.1, 0.15) is 59.1 Å². The zero-order valence-corrected chi connectivity index (χ0v) is 34.4. The molecule has 0 radical (unpaired) electrons. The van der Waals surface area contributed by atoms with Gasteiger partial charge in [0.15, 0.2) is 22.3 Å². The second-order valence-corrected chi connectivity index (χ2v) is 16.7. The predicted octanol–water partition coefficient (Wildman–Crippen LogP) is 5.04. The Balaban J connectivity index is 0.000000980. The average Bonchev–Trinajstić information content (AvgIpc) is 3.28. The number of hydrogen-bond acceptors (Lipinski definition) is 13. The molecule has 1 saturated heterocycles. The number of quaternary nitrogens is 1. The highest BCUT2D eigenvalue weighted by Gasteiger charge is 2.60. The fraction of sp³-hybridized carbons (Fsp3) is 0.590. The van der Waals surface area contributed by atoms with E-state index < -0.39 is 87.9 Å². The Bertz CT molecular complexity index is 1790. The van der Waals surface area contributed by atoms with Gasteiger partial charge >= 0.3 is 29.4 Å². The number of alkyl halides is 3. The first kappa shape index (κ1) is 47.1. The van der Waals surface area contributed by atoms with Crippen LogP contribution in [0.3, 0.4) is 0 Å². The van der Waals surface area contributed by atoms with Gasteiger partial charge in [0, 0.05) is 24.3 Å². The number of hydrogen-bond donors (Lipinski definition) is 0. The normalized spacial score (nSPS) is 21.1. The molecule has 0 unspecified atom stereocenters. The lowest BCUT2D eigenvalue weighted by Gasteiger charge is -2.49. The van der Waals surface area contributed by atoms with Crippen LogP contribution in [0.4, 0.5) is 24.5 Å². The fourth-order valence-corrected chi connectivity index (χ4v) is 6.27. The van der Waals surface area contributed by atoms with E-state index in [4.69, 9.17) is 36.7 Å². The average molecular weight is 831 g/mol. The molecule has 0 spiro atoms. The number of aryl methyl sites for hydroxylation is 2. The lowest BCUT2D eigenvalue weighted by molar-refractivity contribution is -0.944. The van der Waals surface area contributed by atoms with Crippen molar-refractivity contribution in [2.75, 3.05) is 39.2 Å². The number of carbonyl (C=O) groups excluding carboxylic acids is 4. The molecule has 1 fully saturated rings. The summed E-state index contributed by atoms with van der Waals surface area (Å²) in [7, 11) is -1.05. The van der Waals surface area contributed by atoms with Gasteiger partial charge in [-0.3, -0.25) is 18.9 Å². The molecule has 2 aliphatic heterocycles. The molecule has 5 atom stereocenters. The molecule has 0 aromatic heterocycles. The Kier molecular flexibility index (Phi) is 16.1. The van der Waals surface area contributed by atoms with Gasteiger partial charge in [-0.25, -0.2) is 13.2 Å². The quantitative estimate of drug-likeness (QED) is 0.0916. The first-order valence-electron chi connectivity index (χ1n) is 18.5. The maximum absolute atomic E-state index is 13.3. The molecular formula is C39H53F3N2O12S. The van der Waals surface area contributed by atoms with Gasteiger partial charge in [-0.1, -0.05) is 77.9 Å². The van der Waals surface area contributed by atoms with Crippen LogP contribution in [0, 0.1) is 17.8 Å². The summed E-state index contributed by atoms with van der Waals surface area (Å²) >= 11 is 0. The van der Waals surface area contributed by atoms with Gasteiger partial charge in [0.25, 0.3) is 0 Å². The molecule has 18 heteroatoms. The number of rotatable bonds is 12. The van der Waals surface area contributed by atoms with Gasteiger partial charge in [-0.05, 0) is 36.1 Å². The molecule has 0 saturated carbocycles. The minimum absolute atomic E-state index is 0.126. The van der Waals surface area contributed by atoms with Crippen molar-refractivity contribution in [2.24, 2.45) is 17.8 Å². The van der Waals surface area contributed by atoms with Crippen LogP contribution in [0.2, 0.25) is 0 Å². The molecule has 14 nitrogen and oxygen atoms in total. The van der Waals surface area contributed by atoms with Gasteiger partial charge in [-0.2, -0.15) is 13.2 Å². The number of anilines is 2. The number of nitrogens with zero attached hydrogens (tertiary/aromatic N) is 2. The van der Waals surface area contributed by atoms with Crippen molar-refractivity contribution in [1.29, 1.82) is 0 Å². The highest BCUT2D eigenvalue weighted by atomic mass is 32.2. The van der Waals surface area contributed by atoms with Crippen molar-refractivity contribution in [1.82, 2.24) is 0 Å². The Morgan fingerprint density at radius 1 is 0.789 bits per heavy atom. The summed E-state index contributed by atoms with van der Waals surface area (Å²) in [5, 5.41) is 0. The second-order valence-electron chi connectivity index (χ2n) is 15.3. The molecule has 0 bridgehead atoms. The van der Waals surface area contributed by atoms with Crippen molar-refractivity contribution in [3.05, 3.63) is 59.7 Å². The highest BCUT2D eigenvalue weighted by molar-refractivity contribution is 7.86. The molecular weight excluding hydrogens is 777 g/mol. The van der Waals surface area contributed by atoms with Gasteiger partial charge in [0.1, 0.15) is 0 Å². The third-order valence-electron chi connectivity index (χ3n) is 9.43. The number of carbonyl (C=O) groups is 4. The molecule has 0 N–H and O–H groups in total. The van der Waals surface area contributed by atoms with Crippen molar-refractivity contribution in [2.45, 2.75) is 97.0 Å². The van der Waals surface area contributed by atoms with E-state index in [1.807, 2.05) is 14.1 Å². The summed E-state index contributed by atoms with van der Waals surface area (Å²) in [5.74, 6) is -4.22. The molecule has 2 aliphatic rings. The zero-order valence-electron chi connectivity index (χ0n) is 33.6. The number of halogens is 3. The Labute approximate surface area is 331 Å². The van der Waals surface area contributed by atoms with Gasteiger partial charge in [-0.15, -0.1) is 0 Å². The standard InChI is InChI=1S/C38H53N2O9.CHF3O3S/c1-23(2)35(41)47-30-31(48-36(42)24(3)4)33(38(44)45-9)46-34(32(30)49-37(43)25(5)6)40(7,8)22-14-21-39-28-17-12-10-15-26(28)19-20-27-16-11-13-18-29(27)39;2-1(3,4)8(5,6)7/h10-13,15-18,23-25,30-34H,14,19-22H2,1-9H3;(H,5,6,7)/q+1;/p-1/t30-,31-,32+,33-,34+;/m0./s1. The Hall–Kier alpha value is -4.26. The van der Waals surface area contributed by atoms with Crippen LogP contribution < -0.4 is 4.90 Å². The maximum atomic E-state index is 13.3. The number of ether oxygens (including phenoxy) is 5. The van der Waals surface area contributed by atoms with Crippen LogP contribution in [0.25, 0.3) is 0 Å². The van der Waals surface area contributed by atoms with Crippen molar-refractivity contribution >= 4 is 45.4 Å². The highest BCUT2D eigenvalue weighted by Crippen LogP contribution is 2.37. The van der Waals surface area contributed by atoms with E-state index in [-0.39, 0.29) is 4.48 Å². The van der Waals surface area contributed by atoms with E-state index in [0.29, 0.717) is 19.5 Å². The summed E-state index contributed by atoms with van der Waals surface area (Å²) in [4.78, 5) is 55.0. The van der Waals surface area contributed by atoms with Crippen LogP contribution in [0.15, 0.2) is 48.5 Å². The third kappa shape index (κ3) is 12.1. The minimum Gasteiger partial charge on any atom is -0.741 e. The van der Waals surface area contributed by atoms with Gasteiger partial charge in [0.05, 0.1) is 45.5 Å². The number of esters is 4. The van der Waals surface area contributed by atoms with Gasteiger partial charge < -0.3 is 33.1 Å². The summed E-state index contributed by atoms with van der Waals surface area (Å²) in [6.07, 6.45) is -3.84. The number of fused-ring (bicyclic) bond motifs is 2. The molecule has 4 rings (SSSR count). The summed E-state index contributed by atoms with van der Waals surface area (Å²) in [6.45, 7) is 11.2. The molecule has 0 aliphatic carbocycles. The SMILES string of the molecule is COC(=O)[C@H]1O[C@@H]([N+](C)(C)CCCN2c3ccccc3CCc3ccccc32)[C@H](OC(=O)C(C)C)[C@@H](OC(=O)C(C)C)[C@@H]1OC(=O)C(C)C.O=S(=O)([O-])C(F)(F)F. The van der Waals surface area contributed by atoms with E-state index in [1.54, 1.807) is 41.5 Å². The monoisotopic (exact) mass is 830 g/mol.